The van der Waals surface area contributed by atoms with E-state index >= 15 is 0 Å². The third kappa shape index (κ3) is 3.42. The maximum Gasteiger partial charge on any atom is 0.170 e. The predicted octanol–water partition coefficient (Wildman–Crippen LogP) is -0.405. The molecule has 0 heterocycles. The van der Waals surface area contributed by atoms with Gasteiger partial charge >= 0.3 is 0 Å². The first-order valence-electron chi connectivity index (χ1n) is 2.59. The lowest BCUT2D eigenvalue weighted by Gasteiger charge is -2.29. The Morgan fingerprint density at radius 1 is 1.44 bits per heavy atom. The van der Waals surface area contributed by atoms with Crippen LogP contribution in [0.15, 0.2) is 0 Å². The van der Waals surface area contributed by atoms with Crippen molar-refractivity contribution < 1.29 is 5.11 Å². The van der Waals surface area contributed by atoms with Crippen molar-refractivity contribution in [1.29, 1.82) is 0 Å². The molecule has 0 aliphatic carbocycles. The van der Waals surface area contributed by atoms with Crippen molar-refractivity contribution in [2.75, 3.05) is 21.1 Å². The number of hydrogen-bond donors (Lipinski definition) is 3. The zero-order valence-corrected chi connectivity index (χ0v) is 6.60. The molecule has 1 atom stereocenters. The number of nitrogens with one attached hydrogen (secondary N) is 1. The summed E-state index contributed by atoms with van der Waals surface area (Å²) in [6.45, 7) is 1.69. The molecule has 4 nitrogen and oxygen atoms in total. The average molecular weight is 135 g/mol. The van der Waals surface area contributed by atoms with Gasteiger partial charge in [-0.15, -0.1) is 0 Å². The highest BCUT2D eigenvalue weighted by Crippen LogP contribution is 1.97. The van der Waals surface area contributed by atoms with Crippen LogP contribution in [0.3, 0.4) is 0 Å². The lowest BCUT2D eigenvalue weighted by atomic mass is 10.4. The topological polar surface area (TPSA) is 70.5 Å². The van der Waals surface area contributed by atoms with Crippen molar-refractivity contribution in [3.8, 4) is 0 Å². The lowest BCUT2D eigenvalue weighted by Crippen LogP contribution is -2.51. The standard InChI is InChI=1S/C5H14N2O.H3N/c1-5(8,6-2)7(3)4;/h6,8H,1-4H3;1H3. The minimum atomic E-state index is -0.875. The SMILES string of the molecule is CNC(C)(O)N(C)C.N. The second-order valence-corrected chi connectivity index (χ2v) is 2.17. The Kier molecular flexibility index (Phi) is 4.89. The largest absolute Gasteiger partial charge is 0.363 e. The number of hydrogen-bond acceptors (Lipinski definition) is 4. The molecular weight excluding hydrogens is 118 g/mol. The quantitative estimate of drug-likeness (QED) is 0.450. The second kappa shape index (κ2) is 3.79. The fraction of sp³-hybridized carbons (Fsp3) is 1.00. The van der Waals surface area contributed by atoms with Crippen molar-refractivity contribution in [3.63, 3.8) is 0 Å². The summed E-state index contributed by atoms with van der Waals surface area (Å²) >= 11 is 0. The van der Waals surface area contributed by atoms with E-state index in [4.69, 9.17) is 0 Å². The maximum absolute atomic E-state index is 9.22. The van der Waals surface area contributed by atoms with Gasteiger partial charge in [0.25, 0.3) is 0 Å². The molecule has 0 aromatic rings. The molecule has 0 aromatic carbocycles. The molecule has 1 unspecified atom stereocenters. The smallest absolute Gasteiger partial charge is 0.170 e. The molecule has 0 bridgehead atoms. The summed E-state index contributed by atoms with van der Waals surface area (Å²) in [5.41, 5.74) is 0. The van der Waals surface area contributed by atoms with Crippen LogP contribution in [-0.4, -0.2) is 37.0 Å². The summed E-state index contributed by atoms with van der Waals surface area (Å²) < 4.78 is 0. The maximum atomic E-state index is 9.22. The molecule has 0 radical (unpaired) electrons. The van der Waals surface area contributed by atoms with Crippen LogP contribution in [0, 0.1) is 0 Å². The second-order valence-electron chi connectivity index (χ2n) is 2.17. The van der Waals surface area contributed by atoms with Gasteiger partial charge in [-0.25, -0.2) is 0 Å². The summed E-state index contributed by atoms with van der Waals surface area (Å²) in [5, 5.41) is 11.9. The molecule has 0 aromatic heterocycles. The van der Waals surface area contributed by atoms with Gasteiger partial charge in [0.15, 0.2) is 5.85 Å². The van der Waals surface area contributed by atoms with Gasteiger partial charge in [-0.1, -0.05) is 0 Å². The molecule has 0 aliphatic rings. The van der Waals surface area contributed by atoms with E-state index in [1.165, 1.54) is 0 Å². The lowest BCUT2D eigenvalue weighted by molar-refractivity contribution is -0.0882. The Labute approximate surface area is 56.4 Å². The fourth-order valence-corrected chi connectivity index (χ4v) is 0.224. The van der Waals surface area contributed by atoms with Gasteiger partial charge in [-0.3, -0.25) is 10.2 Å². The highest BCUT2D eigenvalue weighted by molar-refractivity contribution is 4.60. The normalized spacial score (nSPS) is 16.7. The fourth-order valence-electron chi connectivity index (χ4n) is 0.224. The van der Waals surface area contributed by atoms with Gasteiger partial charge in [0.05, 0.1) is 0 Å². The van der Waals surface area contributed by atoms with Crippen molar-refractivity contribution in [2.24, 2.45) is 0 Å². The van der Waals surface area contributed by atoms with E-state index < -0.39 is 5.85 Å². The number of rotatable bonds is 2. The molecule has 0 aliphatic heterocycles. The van der Waals surface area contributed by atoms with E-state index in [0.29, 0.717) is 0 Å². The molecule has 9 heavy (non-hydrogen) atoms. The Balaban J connectivity index is 0. The summed E-state index contributed by atoms with van der Waals surface area (Å²) in [6.07, 6.45) is 0. The summed E-state index contributed by atoms with van der Waals surface area (Å²) in [4.78, 5) is 1.69. The molecule has 0 fully saturated rings. The highest BCUT2D eigenvalue weighted by atomic mass is 16.3. The Bertz CT molecular complexity index is 72.6. The van der Waals surface area contributed by atoms with E-state index in [9.17, 15) is 5.11 Å². The minimum absolute atomic E-state index is 0. The number of nitrogens with zero attached hydrogens (tertiary/aromatic N) is 1. The molecule has 5 N–H and O–H groups in total. The van der Waals surface area contributed by atoms with Crippen molar-refractivity contribution in [2.45, 2.75) is 12.8 Å². The average Bonchev–Trinajstić information content (AvgIpc) is 1.67. The third-order valence-corrected chi connectivity index (χ3v) is 1.34. The van der Waals surface area contributed by atoms with Crippen LogP contribution in [0.4, 0.5) is 0 Å². The zero-order chi connectivity index (χ0) is 6.78. The molecule has 0 saturated carbocycles. The van der Waals surface area contributed by atoms with Crippen molar-refractivity contribution in [3.05, 3.63) is 0 Å². The molecular formula is C5H17N3O. The van der Waals surface area contributed by atoms with Gasteiger partial charge in [0.2, 0.25) is 0 Å². The molecule has 0 rings (SSSR count). The predicted molar refractivity (Wildman–Crippen MR) is 38.4 cm³/mol. The van der Waals surface area contributed by atoms with E-state index in [1.54, 1.807) is 33.0 Å². The van der Waals surface area contributed by atoms with Crippen LogP contribution in [0.2, 0.25) is 0 Å². The zero-order valence-electron chi connectivity index (χ0n) is 6.60. The van der Waals surface area contributed by atoms with Crippen LogP contribution in [0.5, 0.6) is 0 Å². The molecule has 0 amide bonds. The van der Waals surface area contributed by atoms with Gasteiger partial charge < -0.3 is 11.3 Å². The van der Waals surface area contributed by atoms with Crippen LogP contribution in [-0.2, 0) is 0 Å². The number of aliphatic hydroxyl groups is 1. The summed E-state index contributed by atoms with van der Waals surface area (Å²) in [6, 6.07) is 0. The highest BCUT2D eigenvalue weighted by Gasteiger charge is 2.18. The van der Waals surface area contributed by atoms with Crippen LogP contribution in [0.25, 0.3) is 0 Å². The van der Waals surface area contributed by atoms with Crippen molar-refractivity contribution >= 4 is 0 Å². The summed E-state index contributed by atoms with van der Waals surface area (Å²) in [7, 11) is 5.31. The van der Waals surface area contributed by atoms with E-state index in [0.717, 1.165) is 0 Å². The first kappa shape index (κ1) is 11.6. The Morgan fingerprint density at radius 2 is 1.78 bits per heavy atom. The minimum Gasteiger partial charge on any atom is -0.363 e. The third-order valence-electron chi connectivity index (χ3n) is 1.34. The van der Waals surface area contributed by atoms with Gasteiger partial charge in [0, 0.05) is 0 Å². The van der Waals surface area contributed by atoms with E-state index in [2.05, 4.69) is 5.32 Å². The first-order valence-corrected chi connectivity index (χ1v) is 2.59. The van der Waals surface area contributed by atoms with Gasteiger partial charge in [-0.2, -0.15) is 0 Å². The van der Waals surface area contributed by atoms with Crippen LogP contribution in [0.1, 0.15) is 6.92 Å². The van der Waals surface area contributed by atoms with Crippen LogP contribution < -0.4 is 11.5 Å². The monoisotopic (exact) mass is 135 g/mol. The Morgan fingerprint density at radius 3 is 1.78 bits per heavy atom. The summed E-state index contributed by atoms with van der Waals surface area (Å²) in [5.74, 6) is -0.875. The first-order chi connectivity index (χ1) is 3.50. The molecule has 58 valence electrons. The van der Waals surface area contributed by atoms with Crippen LogP contribution >= 0.6 is 0 Å². The molecule has 0 saturated heterocycles. The Hall–Kier alpha value is -0.160. The van der Waals surface area contributed by atoms with E-state index in [-0.39, 0.29) is 6.15 Å². The van der Waals surface area contributed by atoms with Gasteiger partial charge in [-0.05, 0) is 28.1 Å². The van der Waals surface area contributed by atoms with Crippen molar-refractivity contribution in [1.82, 2.24) is 16.4 Å². The molecule has 0 spiro atoms. The van der Waals surface area contributed by atoms with Gasteiger partial charge in [0.1, 0.15) is 0 Å². The molecule has 4 heteroatoms. The van der Waals surface area contributed by atoms with E-state index in [1.807, 2.05) is 0 Å².